The summed E-state index contributed by atoms with van der Waals surface area (Å²) in [7, 11) is 0. The Morgan fingerprint density at radius 1 is 1.29 bits per heavy atom. The van der Waals surface area contributed by atoms with Crippen molar-refractivity contribution in [2.24, 2.45) is 0 Å². The van der Waals surface area contributed by atoms with Crippen LogP contribution in [-0.2, 0) is 0 Å². The van der Waals surface area contributed by atoms with Gasteiger partial charge in [-0.1, -0.05) is 28.8 Å². The molecule has 1 fully saturated rings. The summed E-state index contributed by atoms with van der Waals surface area (Å²) < 4.78 is 0. The van der Waals surface area contributed by atoms with E-state index in [1.54, 1.807) is 0 Å². The number of nitrogens with zero attached hydrogens (tertiary/aromatic N) is 3. The summed E-state index contributed by atoms with van der Waals surface area (Å²) >= 11 is 3.54. The molecule has 0 atom stereocenters. The van der Waals surface area contributed by atoms with E-state index in [-0.39, 0.29) is 0 Å². The first-order valence-electron chi connectivity index (χ1n) is 6.35. The zero-order valence-electron chi connectivity index (χ0n) is 10.6. The van der Waals surface area contributed by atoms with Crippen LogP contribution in [0.5, 0.6) is 0 Å². The molecule has 94 valence electrons. The summed E-state index contributed by atoms with van der Waals surface area (Å²) in [5.41, 5.74) is 2.07. The lowest BCUT2D eigenvalue weighted by atomic mass is 10.2. The molecule has 4 heteroatoms. The third-order valence-corrected chi connectivity index (χ3v) is 3.92. The SMILES string of the molecule is Cc1ncc(N(CCBr)C2CCCC2)nc1C. The molecule has 1 aliphatic rings. The zero-order chi connectivity index (χ0) is 12.3. The second-order valence-electron chi connectivity index (χ2n) is 4.72. The van der Waals surface area contributed by atoms with E-state index in [1.807, 2.05) is 20.0 Å². The molecule has 2 rings (SSSR count). The maximum atomic E-state index is 4.68. The molecule has 0 aromatic carbocycles. The number of hydrogen-bond acceptors (Lipinski definition) is 3. The van der Waals surface area contributed by atoms with Gasteiger partial charge in [-0.15, -0.1) is 0 Å². The number of aromatic nitrogens is 2. The van der Waals surface area contributed by atoms with E-state index < -0.39 is 0 Å². The minimum Gasteiger partial charge on any atom is -0.352 e. The van der Waals surface area contributed by atoms with Crippen molar-refractivity contribution < 1.29 is 0 Å². The maximum absolute atomic E-state index is 4.68. The van der Waals surface area contributed by atoms with Crippen molar-refractivity contribution in [3.05, 3.63) is 17.6 Å². The van der Waals surface area contributed by atoms with Crippen LogP contribution in [0.3, 0.4) is 0 Å². The molecule has 0 unspecified atom stereocenters. The van der Waals surface area contributed by atoms with Crippen LogP contribution in [0, 0.1) is 13.8 Å². The van der Waals surface area contributed by atoms with Crippen LogP contribution >= 0.6 is 15.9 Å². The molecule has 1 heterocycles. The Morgan fingerprint density at radius 2 is 2.00 bits per heavy atom. The first kappa shape index (κ1) is 12.8. The van der Waals surface area contributed by atoms with Gasteiger partial charge in [0.1, 0.15) is 5.82 Å². The molecule has 1 aliphatic carbocycles. The van der Waals surface area contributed by atoms with Gasteiger partial charge in [0.2, 0.25) is 0 Å². The second-order valence-corrected chi connectivity index (χ2v) is 5.51. The molecule has 0 radical (unpaired) electrons. The number of rotatable bonds is 4. The van der Waals surface area contributed by atoms with Crippen molar-refractivity contribution in [3.8, 4) is 0 Å². The van der Waals surface area contributed by atoms with Gasteiger partial charge in [-0.05, 0) is 26.7 Å². The monoisotopic (exact) mass is 297 g/mol. The van der Waals surface area contributed by atoms with E-state index in [4.69, 9.17) is 0 Å². The van der Waals surface area contributed by atoms with E-state index >= 15 is 0 Å². The predicted molar refractivity (Wildman–Crippen MR) is 74.9 cm³/mol. The Hall–Kier alpha value is -0.640. The Balaban J connectivity index is 2.21. The Kier molecular flexibility index (Phi) is 4.37. The summed E-state index contributed by atoms with van der Waals surface area (Å²) in [5.74, 6) is 1.04. The minimum atomic E-state index is 0.656. The van der Waals surface area contributed by atoms with Crippen LogP contribution in [0.2, 0.25) is 0 Å². The van der Waals surface area contributed by atoms with Gasteiger partial charge in [-0.2, -0.15) is 0 Å². The maximum Gasteiger partial charge on any atom is 0.147 e. The molecule has 1 aromatic rings. The van der Waals surface area contributed by atoms with Gasteiger partial charge in [0.15, 0.2) is 0 Å². The van der Waals surface area contributed by atoms with E-state index in [0.717, 1.165) is 29.1 Å². The van der Waals surface area contributed by atoms with E-state index in [1.165, 1.54) is 25.7 Å². The summed E-state index contributed by atoms with van der Waals surface area (Å²) in [6.45, 7) is 5.06. The number of halogens is 1. The molecule has 0 aliphatic heterocycles. The largest absolute Gasteiger partial charge is 0.352 e. The zero-order valence-corrected chi connectivity index (χ0v) is 12.2. The fourth-order valence-corrected chi connectivity index (χ4v) is 2.84. The van der Waals surface area contributed by atoms with Crippen molar-refractivity contribution in [1.82, 2.24) is 9.97 Å². The Bertz CT molecular complexity index is 375. The normalized spacial score (nSPS) is 16.4. The van der Waals surface area contributed by atoms with Gasteiger partial charge in [0.25, 0.3) is 0 Å². The number of aryl methyl sites for hydroxylation is 2. The first-order valence-corrected chi connectivity index (χ1v) is 7.47. The van der Waals surface area contributed by atoms with Gasteiger partial charge in [-0.3, -0.25) is 4.98 Å². The van der Waals surface area contributed by atoms with E-state index in [2.05, 4.69) is 30.8 Å². The van der Waals surface area contributed by atoms with E-state index in [9.17, 15) is 0 Å². The molecule has 0 saturated heterocycles. The number of alkyl halides is 1. The minimum absolute atomic E-state index is 0.656. The molecule has 0 N–H and O–H groups in total. The summed E-state index contributed by atoms with van der Waals surface area (Å²) in [6, 6.07) is 0.656. The smallest absolute Gasteiger partial charge is 0.147 e. The van der Waals surface area contributed by atoms with Gasteiger partial charge in [0.05, 0.1) is 17.6 Å². The van der Waals surface area contributed by atoms with Crippen molar-refractivity contribution in [3.63, 3.8) is 0 Å². The fourth-order valence-electron chi connectivity index (χ4n) is 2.46. The van der Waals surface area contributed by atoms with Crippen molar-refractivity contribution in [2.45, 2.75) is 45.6 Å². The highest BCUT2D eigenvalue weighted by molar-refractivity contribution is 9.09. The van der Waals surface area contributed by atoms with Crippen LogP contribution in [0.25, 0.3) is 0 Å². The van der Waals surface area contributed by atoms with Crippen molar-refractivity contribution >= 4 is 21.7 Å². The second kappa shape index (κ2) is 5.80. The highest BCUT2D eigenvalue weighted by Crippen LogP contribution is 2.27. The molecule has 0 amide bonds. The highest BCUT2D eigenvalue weighted by atomic mass is 79.9. The number of anilines is 1. The van der Waals surface area contributed by atoms with Gasteiger partial charge in [0, 0.05) is 17.9 Å². The standard InChI is InChI=1S/C13H20BrN3/c1-10-11(2)16-13(9-15-10)17(8-7-14)12-5-3-4-6-12/h9,12H,3-8H2,1-2H3. The average molecular weight is 298 g/mol. The average Bonchev–Trinajstić information content (AvgIpc) is 2.83. The molecule has 0 spiro atoms. The third-order valence-electron chi connectivity index (χ3n) is 3.56. The fraction of sp³-hybridized carbons (Fsp3) is 0.692. The topological polar surface area (TPSA) is 29.0 Å². The Labute approximate surface area is 112 Å². The first-order chi connectivity index (χ1) is 8.22. The molecular weight excluding hydrogens is 278 g/mol. The molecule has 1 aromatic heterocycles. The van der Waals surface area contributed by atoms with Crippen molar-refractivity contribution in [2.75, 3.05) is 16.8 Å². The Morgan fingerprint density at radius 3 is 2.59 bits per heavy atom. The van der Waals surface area contributed by atoms with Crippen LogP contribution < -0.4 is 4.90 Å². The summed E-state index contributed by atoms with van der Waals surface area (Å²) in [4.78, 5) is 11.5. The lowest BCUT2D eigenvalue weighted by Gasteiger charge is -2.29. The lowest BCUT2D eigenvalue weighted by Crippen LogP contribution is -2.35. The highest BCUT2D eigenvalue weighted by Gasteiger charge is 2.23. The van der Waals surface area contributed by atoms with Gasteiger partial charge < -0.3 is 4.90 Å². The van der Waals surface area contributed by atoms with Crippen LogP contribution in [-0.4, -0.2) is 27.9 Å². The molecular formula is C13H20BrN3. The third kappa shape index (κ3) is 2.97. The van der Waals surface area contributed by atoms with Gasteiger partial charge >= 0.3 is 0 Å². The molecule has 0 bridgehead atoms. The summed E-state index contributed by atoms with van der Waals surface area (Å²) in [5, 5.41) is 0.984. The quantitative estimate of drug-likeness (QED) is 0.799. The molecule has 3 nitrogen and oxygen atoms in total. The van der Waals surface area contributed by atoms with Crippen molar-refractivity contribution in [1.29, 1.82) is 0 Å². The van der Waals surface area contributed by atoms with Crippen LogP contribution in [0.15, 0.2) is 6.20 Å². The predicted octanol–water partition coefficient (Wildman–Crippen LogP) is 3.24. The lowest BCUT2D eigenvalue weighted by molar-refractivity contribution is 0.613. The molecule has 17 heavy (non-hydrogen) atoms. The van der Waals surface area contributed by atoms with Crippen LogP contribution in [0.4, 0.5) is 5.82 Å². The van der Waals surface area contributed by atoms with Crippen LogP contribution in [0.1, 0.15) is 37.1 Å². The molecule has 1 saturated carbocycles. The summed E-state index contributed by atoms with van der Waals surface area (Å²) in [6.07, 6.45) is 7.20. The van der Waals surface area contributed by atoms with E-state index in [0.29, 0.717) is 6.04 Å². The number of hydrogen-bond donors (Lipinski definition) is 0. The van der Waals surface area contributed by atoms with Gasteiger partial charge in [-0.25, -0.2) is 4.98 Å².